The molecule has 9 nitrogen and oxygen atoms in total. The summed E-state index contributed by atoms with van der Waals surface area (Å²) in [5, 5.41) is 26.4. The first-order chi connectivity index (χ1) is 13.3. The van der Waals surface area contributed by atoms with Gasteiger partial charge in [-0.25, -0.2) is 10.1 Å². The predicted molar refractivity (Wildman–Crippen MR) is 101 cm³/mol. The molecule has 0 unspecified atom stereocenters. The van der Waals surface area contributed by atoms with E-state index >= 15 is 0 Å². The molecule has 3 N–H and O–H groups in total. The second-order valence-corrected chi connectivity index (χ2v) is 5.95. The highest BCUT2D eigenvalue weighted by Gasteiger charge is 2.12. The van der Waals surface area contributed by atoms with Gasteiger partial charge in [0.25, 0.3) is 0 Å². The minimum atomic E-state index is 0.621. The number of ether oxygens (including phenoxy) is 1. The first kappa shape index (κ1) is 15.3. The molecule has 132 valence electrons. The van der Waals surface area contributed by atoms with Gasteiger partial charge in [-0.3, -0.25) is 5.10 Å². The monoisotopic (exact) mass is 358 g/mol. The summed E-state index contributed by atoms with van der Waals surface area (Å²) in [5.41, 5.74) is 3.48. The Kier molecular flexibility index (Phi) is 3.42. The van der Waals surface area contributed by atoms with Crippen LogP contribution in [-0.2, 0) is 0 Å². The number of hydrogen-bond acceptors (Lipinski definition) is 7. The number of nitrogens with zero attached hydrogens (tertiary/aromatic N) is 5. The first-order valence-corrected chi connectivity index (χ1v) is 8.24. The average Bonchev–Trinajstić information content (AvgIpc) is 3.41. The van der Waals surface area contributed by atoms with Gasteiger partial charge in [0.2, 0.25) is 0 Å². The van der Waals surface area contributed by atoms with E-state index in [4.69, 9.17) is 9.72 Å². The quantitative estimate of drug-likeness (QED) is 0.452. The number of H-pyrrole nitrogens is 2. The van der Waals surface area contributed by atoms with Crippen LogP contribution < -0.4 is 10.1 Å². The summed E-state index contributed by atoms with van der Waals surface area (Å²) >= 11 is 0. The van der Waals surface area contributed by atoms with Crippen molar-refractivity contribution in [3.8, 4) is 17.1 Å². The van der Waals surface area contributed by atoms with Crippen molar-refractivity contribution in [1.29, 1.82) is 0 Å². The highest BCUT2D eigenvalue weighted by atomic mass is 16.5. The van der Waals surface area contributed by atoms with Crippen LogP contribution in [0.3, 0.4) is 0 Å². The van der Waals surface area contributed by atoms with Crippen LogP contribution in [0.15, 0.2) is 48.7 Å². The number of aromatic amines is 2. The Bertz CT molecular complexity index is 1230. The number of aromatic nitrogens is 7. The van der Waals surface area contributed by atoms with Gasteiger partial charge in [0.1, 0.15) is 11.3 Å². The third-order valence-corrected chi connectivity index (χ3v) is 4.37. The molecule has 0 atom stereocenters. The van der Waals surface area contributed by atoms with Crippen molar-refractivity contribution < 1.29 is 4.74 Å². The number of fused-ring (bicyclic) bond motifs is 3. The molecular formula is C18H14N8O. The lowest BCUT2D eigenvalue weighted by atomic mass is 10.1. The Hall–Kier alpha value is -4.01. The summed E-state index contributed by atoms with van der Waals surface area (Å²) in [6, 6.07) is 13.5. The van der Waals surface area contributed by atoms with Crippen molar-refractivity contribution in [2.45, 2.75) is 0 Å². The first-order valence-electron chi connectivity index (χ1n) is 8.24. The maximum absolute atomic E-state index is 5.32. The average molecular weight is 358 g/mol. The molecular weight excluding hydrogens is 344 g/mol. The molecule has 0 saturated heterocycles. The highest BCUT2D eigenvalue weighted by molar-refractivity contribution is 6.09. The van der Waals surface area contributed by atoms with E-state index in [2.05, 4.69) is 36.1 Å². The molecule has 3 aromatic heterocycles. The van der Waals surface area contributed by atoms with E-state index in [-0.39, 0.29) is 0 Å². The van der Waals surface area contributed by atoms with Crippen molar-refractivity contribution in [2.24, 2.45) is 0 Å². The van der Waals surface area contributed by atoms with E-state index in [1.54, 1.807) is 13.3 Å². The number of anilines is 2. The minimum absolute atomic E-state index is 0.621. The molecule has 2 aromatic carbocycles. The molecule has 3 heterocycles. The van der Waals surface area contributed by atoms with Crippen LogP contribution in [0.25, 0.3) is 33.2 Å². The van der Waals surface area contributed by atoms with Gasteiger partial charge >= 0.3 is 0 Å². The van der Waals surface area contributed by atoms with Gasteiger partial charge in [-0.1, -0.05) is 0 Å². The maximum atomic E-state index is 5.32. The van der Waals surface area contributed by atoms with E-state index in [1.165, 1.54) is 0 Å². The molecule has 0 radical (unpaired) electrons. The number of pyridine rings is 1. The number of methoxy groups -OCH3 is 1. The molecule has 0 bridgehead atoms. The number of tetrazole rings is 1. The van der Waals surface area contributed by atoms with Crippen molar-refractivity contribution in [1.82, 2.24) is 35.8 Å². The summed E-state index contributed by atoms with van der Waals surface area (Å²) in [5.74, 6) is 2.11. The van der Waals surface area contributed by atoms with Gasteiger partial charge in [-0.05, 0) is 52.9 Å². The van der Waals surface area contributed by atoms with E-state index in [0.717, 1.165) is 38.8 Å². The molecule has 0 aliphatic carbocycles. The van der Waals surface area contributed by atoms with Gasteiger partial charge in [0.15, 0.2) is 11.6 Å². The normalized spacial score (nSPS) is 11.1. The maximum Gasteiger partial charge on any atom is 0.179 e. The largest absolute Gasteiger partial charge is 0.497 e. The zero-order valence-electron chi connectivity index (χ0n) is 14.3. The second-order valence-electron chi connectivity index (χ2n) is 5.95. The summed E-state index contributed by atoms with van der Waals surface area (Å²) in [6.07, 6.45) is 1.80. The molecule has 0 fully saturated rings. The van der Waals surface area contributed by atoms with Crippen LogP contribution in [0, 0.1) is 0 Å². The zero-order valence-corrected chi connectivity index (χ0v) is 14.3. The number of benzene rings is 2. The molecule has 0 aliphatic rings. The summed E-state index contributed by atoms with van der Waals surface area (Å²) in [4.78, 5) is 4.74. The molecule has 0 aliphatic heterocycles. The molecule has 0 amide bonds. The van der Waals surface area contributed by atoms with Gasteiger partial charge in [0.05, 0.1) is 18.8 Å². The van der Waals surface area contributed by atoms with E-state index in [0.29, 0.717) is 11.6 Å². The Morgan fingerprint density at radius 3 is 2.67 bits per heavy atom. The van der Waals surface area contributed by atoms with Gasteiger partial charge in [-0.2, -0.15) is 5.10 Å². The smallest absolute Gasteiger partial charge is 0.179 e. The van der Waals surface area contributed by atoms with E-state index < -0.39 is 0 Å². The topological polar surface area (TPSA) is 117 Å². The minimum Gasteiger partial charge on any atom is -0.497 e. The van der Waals surface area contributed by atoms with Crippen molar-refractivity contribution >= 4 is 33.3 Å². The lowest BCUT2D eigenvalue weighted by molar-refractivity contribution is 0.415. The second kappa shape index (κ2) is 6.06. The van der Waals surface area contributed by atoms with Crippen LogP contribution in [0.1, 0.15) is 0 Å². The number of hydrogen-bond donors (Lipinski definition) is 3. The Morgan fingerprint density at radius 2 is 1.89 bits per heavy atom. The fourth-order valence-electron chi connectivity index (χ4n) is 3.02. The molecule has 27 heavy (non-hydrogen) atoms. The lowest BCUT2D eigenvalue weighted by Crippen LogP contribution is -1.96. The molecule has 5 rings (SSSR count). The molecule has 0 saturated carbocycles. The van der Waals surface area contributed by atoms with Gasteiger partial charge < -0.3 is 10.1 Å². The molecule has 9 heteroatoms. The SMILES string of the molecule is COc1ccc2nc(Nc3ccc(-c4nnn[nH]4)cc3)c3[nH]ncc3c2c1. The van der Waals surface area contributed by atoms with E-state index in [1.807, 2.05) is 42.5 Å². The van der Waals surface area contributed by atoms with Crippen LogP contribution >= 0.6 is 0 Å². The summed E-state index contributed by atoms with van der Waals surface area (Å²) in [7, 11) is 1.65. The Balaban J connectivity index is 1.55. The van der Waals surface area contributed by atoms with Gasteiger partial charge in [-0.15, -0.1) is 5.10 Å². The van der Waals surface area contributed by atoms with Gasteiger partial charge in [0, 0.05) is 22.0 Å². The lowest BCUT2D eigenvalue weighted by Gasteiger charge is -2.10. The fourth-order valence-corrected chi connectivity index (χ4v) is 3.02. The summed E-state index contributed by atoms with van der Waals surface area (Å²) < 4.78 is 5.32. The Labute approximate surface area is 152 Å². The predicted octanol–water partition coefficient (Wildman–Crippen LogP) is 3.04. The molecule has 5 aromatic rings. The number of nitrogens with one attached hydrogen (secondary N) is 3. The third-order valence-electron chi connectivity index (χ3n) is 4.37. The fraction of sp³-hybridized carbons (Fsp3) is 0.0556. The zero-order chi connectivity index (χ0) is 18.2. The highest BCUT2D eigenvalue weighted by Crippen LogP contribution is 2.31. The number of rotatable bonds is 4. The van der Waals surface area contributed by atoms with Crippen molar-refractivity contribution in [3.05, 3.63) is 48.7 Å². The standard InChI is InChI=1S/C18H14N8O/c1-27-12-6-7-15-13(8-12)14-9-19-22-16(14)18(21-15)20-11-4-2-10(3-5-11)17-23-25-26-24-17/h2-9H,1H3,(H,19,22)(H,20,21)(H,23,24,25,26). The van der Waals surface area contributed by atoms with Crippen LogP contribution in [0.2, 0.25) is 0 Å². The molecule has 0 spiro atoms. The van der Waals surface area contributed by atoms with Crippen LogP contribution in [0.4, 0.5) is 11.5 Å². The summed E-state index contributed by atoms with van der Waals surface area (Å²) in [6.45, 7) is 0. The van der Waals surface area contributed by atoms with Crippen molar-refractivity contribution in [2.75, 3.05) is 12.4 Å². The third kappa shape index (κ3) is 2.61. The van der Waals surface area contributed by atoms with E-state index in [9.17, 15) is 0 Å². The van der Waals surface area contributed by atoms with Crippen LogP contribution in [0.5, 0.6) is 5.75 Å². The van der Waals surface area contributed by atoms with Crippen molar-refractivity contribution in [3.63, 3.8) is 0 Å². The van der Waals surface area contributed by atoms with Crippen LogP contribution in [-0.4, -0.2) is 42.9 Å². The Morgan fingerprint density at radius 1 is 1.00 bits per heavy atom.